The van der Waals surface area contributed by atoms with Gasteiger partial charge in [-0.1, -0.05) is 42.0 Å². The Hall–Kier alpha value is -2.66. The second-order valence-electron chi connectivity index (χ2n) is 8.57. The highest BCUT2D eigenvalue weighted by molar-refractivity contribution is 7.92. The molecule has 1 heterocycles. The number of hydrogen-bond donors (Lipinski definition) is 0. The molecule has 3 nitrogen and oxygen atoms in total. The van der Waals surface area contributed by atoms with Crippen LogP contribution in [0.25, 0.3) is 0 Å². The maximum atomic E-state index is 14.4. The summed E-state index contributed by atoms with van der Waals surface area (Å²) in [6.07, 6.45) is 2.60. The lowest BCUT2D eigenvalue weighted by Gasteiger charge is -2.38. The molecule has 0 aromatic heterocycles. The first-order chi connectivity index (χ1) is 14.8. The minimum Gasteiger partial charge on any atom is -0.263 e. The molecule has 0 amide bonds. The molecule has 0 spiro atoms. The number of hydrogen-bond acceptors (Lipinski definition) is 2. The van der Waals surface area contributed by atoms with Crippen LogP contribution in [0.4, 0.5) is 10.1 Å². The van der Waals surface area contributed by atoms with Gasteiger partial charge in [-0.05, 0) is 93.0 Å². The maximum Gasteiger partial charge on any atom is 0.264 e. The minimum absolute atomic E-state index is 0.221. The minimum atomic E-state index is -3.74. The fourth-order valence-corrected chi connectivity index (χ4v) is 6.05. The van der Waals surface area contributed by atoms with Crippen LogP contribution in [0.3, 0.4) is 0 Å². The van der Waals surface area contributed by atoms with E-state index >= 15 is 0 Å². The molecule has 0 aliphatic carbocycles. The normalized spacial score (nSPS) is 16.3. The third-order valence-corrected chi connectivity index (χ3v) is 7.97. The standard InChI is InChI=1S/C26H28FNO2S/c1-18-6-14-24(15-7-18)31(29,30)28-23(12-10-21-8-4-19(2)16-25(21)27)13-11-22-9-5-20(3)17-26(22)28/h4-9,14-17,23H,10-13H2,1-3H3. The molecule has 0 fully saturated rings. The van der Waals surface area contributed by atoms with E-state index in [0.29, 0.717) is 29.7 Å². The number of anilines is 1. The number of nitrogens with zero attached hydrogens (tertiary/aromatic N) is 1. The Morgan fingerprint density at radius 3 is 2.26 bits per heavy atom. The first-order valence-electron chi connectivity index (χ1n) is 10.7. The fourth-order valence-electron chi connectivity index (χ4n) is 4.31. The van der Waals surface area contributed by atoms with Gasteiger partial charge in [0, 0.05) is 6.04 Å². The molecule has 0 bridgehead atoms. The van der Waals surface area contributed by atoms with E-state index in [1.54, 1.807) is 16.4 Å². The second kappa shape index (κ2) is 8.46. The van der Waals surface area contributed by atoms with Gasteiger partial charge in [0.15, 0.2) is 0 Å². The molecular weight excluding hydrogens is 409 g/mol. The Balaban J connectivity index is 1.72. The third-order valence-electron chi connectivity index (χ3n) is 6.09. The van der Waals surface area contributed by atoms with E-state index in [1.165, 1.54) is 6.07 Å². The van der Waals surface area contributed by atoms with Crippen molar-refractivity contribution in [3.63, 3.8) is 0 Å². The van der Waals surface area contributed by atoms with Gasteiger partial charge < -0.3 is 0 Å². The number of benzene rings is 3. The van der Waals surface area contributed by atoms with Crippen LogP contribution in [-0.4, -0.2) is 14.5 Å². The van der Waals surface area contributed by atoms with Gasteiger partial charge in [0.05, 0.1) is 10.6 Å². The van der Waals surface area contributed by atoms with Crippen molar-refractivity contribution < 1.29 is 12.8 Å². The van der Waals surface area contributed by atoms with E-state index in [0.717, 1.165) is 34.4 Å². The Bertz CT molecular complexity index is 1200. The number of rotatable bonds is 5. The molecule has 3 aromatic rings. The van der Waals surface area contributed by atoms with Crippen molar-refractivity contribution in [1.82, 2.24) is 0 Å². The first-order valence-corrected chi connectivity index (χ1v) is 12.2. The molecule has 162 valence electrons. The summed E-state index contributed by atoms with van der Waals surface area (Å²) in [5.41, 5.74) is 5.34. The van der Waals surface area contributed by atoms with Crippen LogP contribution in [-0.2, 0) is 22.9 Å². The van der Waals surface area contributed by atoms with Crippen LogP contribution in [0.1, 0.15) is 40.7 Å². The fraction of sp³-hybridized carbons (Fsp3) is 0.308. The van der Waals surface area contributed by atoms with Crippen molar-refractivity contribution in [1.29, 1.82) is 0 Å². The highest BCUT2D eigenvalue weighted by Gasteiger charge is 2.36. The average molecular weight is 438 g/mol. The summed E-state index contributed by atoms with van der Waals surface area (Å²) < 4.78 is 43.5. The lowest BCUT2D eigenvalue weighted by molar-refractivity contribution is 0.517. The molecular formula is C26H28FNO2S. The van der Waals surface area contributed by atoms with Crippen LogP contribution in [0.2, 0.25) is 0 Å². The number of aryl methyl sites for hydroxylation is 5. The zero-order chi connectivity index (χ0) is 22.2. The molecule has 1 unspecified atom stereocenters. The zero-order valence-corrected chi connectivity index (χ0v) is 19.0. The van der Waals surface area contributed by atoms with Crippen LogP contribution in [0, 0.1) is 26.6 Å². The highest BCUT2D eigenvalue weighted by atomic mass is 32.2. The summed E-state index contributed by atoms with van der Waals surface area (Å²) in [7, 11) is -3.74. The molecule has 31 heavy (non-hydrogen) atoms. The summed E-state index contributed by atoms with van der Waals surface area (Å²) in [4.78, 5) is 0.291. The van der Waals surface area contributed by atoms with Gasteiger partial charge in [0.2, 0.25) is 0 Å². The number of fused-ring (bicyclic) bond motifs is 1. The van der Waals surface area contributed by atoms with E-state index in [9.17, 15) is 12.8 Å². The van der Waals surface area contributed by atoms with E-state index < -0.39 is 10.0 Å². The van der Waals surface area contributed by atoms with Crippen LogP contribution in [0.5, 0.6) is 0 Å². The largest absolute Gasteiger partial charge is 0.264 e. The molecule has 1 aliphatic rings. The monoisotopic (exact) mass is 437 g/mol. The van der Waals surface area contributed by atoms with Crippen LogP contribution < -0.4 is 4.31 Å². The third kappa shape index (κ3) is 4.38. The molecule has 0 saturated carbocycles. The summed E-state index contributed by atoms with van der Waals surface area (Å²) in [6, 6.07) is 18.0. The smallest absolute Gasteiger partial charge is 0.263 e. The average Bonchev–Trinajstić information content (AvgIpc) is 2.72. The SMILES string of the molecule is Cc1ccc(S(=O)(=O)N2c3cc(C)ccc3CCC2CCc2ccc(C)cc2F)cc1. The van der Waals surface area contributed by atoms with Gasteiger partial charge in [-0.2, -0.15) is 0 Å². The second-order valence-corrected chi connectivity index (χ2v) is 10.4. The van der Waals surface area contributed by atoms with Gasteiger partial charge in [0.25, 0.3) is 10.0 Å². The molecule has 5 heteroatoms. The lowest BCUT2D eigenvalue weighted by atomic mass is 9.93. The maximum absolute atomic E-state index is 14.4. The van der Waals surface area contributed by atoms with Crippen molar-refractivity contribution in [3.05, 3.63) is 94.3 Å². The molecule has 1 aliphatic heterocycles. The zero-order valence-electron chi connectivity index (χ0n) is 18.2. The molecule has 3 aromatic carbocycles. The molecule has 4 rings (SSSR count). The van der Waals surface area contributed by atoms with Crippen molar-refractivity contribution >= 4 is 15.7 Å². The van der Waals surface area contributed by atoms with Crippen molar-refractivity contribution in [2.75, 3.05) is 4.31 Å². The van der Waals surface area contributed by atoms with Crippen LogP contribution >= 0.6 is 0 Å². The topological polar surface area (TPSA) is 37.4 Å². The molecule has 0 saturated heterocycles. The number of sulfonamides is 1. The predicted octanol–water partition coefficient (Wildman–Crippen LogP) is 5.89. The van der Waals surface area contributed by atoms with Gasteiger partial charge in [0.1, 0.15) is 5.82 Å². The Morgan fingerprint density at radius 1 is 0.903 bits per heavy atom. The van der Waals surface area contributed by atoms with E-state index in [-0.39, 0.29) is 11.9 Å². The molecule has 0 N–H and O–H groups in total. The first kappa shape index (κ1) is 21.6. The van der Waals surface area contributed by atoms with Crippen LogP contribution in [0.15, 0.2) is 65.6 Å². The van der Waals surface area contributed by atoms with E-state index in [2.05, 4.69) is 0 Å². The van der Waals surface area contributed by atoms with E-state index in [1.807, 2.05) is 63.2 Å². The summed E-state index contributed by atoms with van der Waals surface area (Å²) in [5, 5.41) is 0. The Labute approximate surface area is 184 Å². The Kier molecular flexibility index (Phi) is 5.89. The van der Waals surface area contributed by atoms with Gasteiger partial charge in [-0.15, -0.1) is 0 Å². The van der Waals surface area contributed by atoms with Gasteiger partial charge >= 0.3 is 0 Å². The molecule has 1 atom stereocenters. The van der Waals surface area contributed by atoms with Crippen molar-refractivity contribution in [3.8, 4) is 0 Å². The number of halogens is 1. The van der Waals surface area contributed by atoms with E-state index in [4.69, 9.17) is 0 Å². The predicted molar refractivity (Wildman–Crippen MR) is 124 cm³/mol. The highest BCUT2D eigenvalue weighted by Crippen LogP contribution is 2.37. The summed E-state index contributed by atoms with van der Waals surface area (Å²) in [5.74, 6) is -0.222. The summed E-state index contributed by atoms with van der Waals surface area (Å²) >= 11 is 0. The lowest BCUT2D eigenvalue weighted by Crippen LogP contribution is -2.44. The van der Waals surface area contributed by atoms with Crippen molar-refractivity contribution in [2.45, 2.75) is 57.4 Å². The summed E-state index contributed by atoms with van der Waals surface area (Å²) in [6.45, 7) is 5.78. The quantitative estimate of drug-likeness (QED) is 0.499. The Morgan fingerprint density at radius 2 is 1.55 bits per heavy atom. The molecule has 0 radical (unpaired) electrons. The van der Waals surface area contributed by atoms with Gasteiger partial charge in [-0.3, -0.25) is 4.31 Å². The van der Waals surface area contributed by atoms with Crippen molar-refractivity contribution in [2.24, 2.45) is 0 Å². The van der Waals surface area contributed by atoms with Gasteiger partial charge in [-0.25, -0.2) is 12.8 Å².